The van der Waals surface area contributed by atoms with E-state index in [4.69, 9.17) is 5.21 Å². The van der Waals surface area contributed by atoms with Gasteiger partial charge in [0.25, 0.3) is 10.0 Å². The van der Waals surface area contributed by atoms with Gasteiger partial charge < -0.3 is 15.8 Å². The van der Waals surface area contributed by atoms with Gasteiger partial charge in [0.15, 0.2) is 0 Å². The minimum Gasteiger partial charge on any atom is -0.350 e. The largest absolute Gasteiger partial charge is 0.350 e. The first-order valence-corrected chi connectivity index (χ1v) is 5.45. The first-order valence-electron chi connectivity index (χ1n) is 3.90. The molecule has 0 aromatic heterocycles. The molecule has 0 amide bonds. The van der Waals surface area contributed by atoms with Gasteiger partial charge >= 0.3 is 0 Å². The summed E-state index contributed by atoms with van der Waals surface area (Å²) < 4.78 is 22.4. The Morgan fingerprint density at radius 2 is 1.71 bits per heavy atom. The predicted octanol–water partition coefficient (Wildman–Crippen LogP) is 0.116. The predicted molar refractivity (Wildman–Crippen MR) is 51.3 cm³/mol. The summed E-state index contributed by atoms with van der Waals surface area (Å²) in [4.78, 5) is 1.27. The lowest BCUT2D eigenvalue weighted by Crippen LogP contribution is -2.39. The van der Waals surface area contributed by atoms with Crippen LogP contribution >= 0.6 is 0 Å². The summed E-state index contributed by atoms with van der Waals surface area (Å²) in [6, 6.07) is 7.06. The van der Waals surface area contributed by atoms with Gasteiger partial charge in [0.1, 0.15) is 0 Å². The minimum atomic E-state index is -3.78. The number of sulfonamides is 1. The lowest BCUT2D eigenvalue weighted by molar-refractivity contribution is 0.242. The van der Waals surface area contributed by atoms with Gasteiger partial charge in [-0.1, -0.05) is 17.0 Å². The Kier molecular flexibility index (Phi) is 2.06. The third-order valence-corrected chi connectivity index (χ3v) is 3.05. The van der Waals surface area contributed by atoms with Crippen LogP contribution in [0, 0.1) is 0 Å². The molecule has 0 saturated heterocycles. The van der Waals surface area contributed by atoms with Crippen molar-refractivity contribution in [2.75, 3.05) is 10.6 Å². The highest BCUT2D eigenvalue weighted by Gasteiger charge is 2.30. The zero-order chi connectivity index (χ0) is 10.2. The van der Waals surface area contributed by atoms with Crippen LogP contribution < -0.4 is 15.5 Å². The maximum Gasteiger partial charge on any atom is 0.273 e. The van der Waals surface area contributed by atoms with Crippen molar-refractivity contribution in [1.29, 1.82) is 0 Å². The number of anilines is 2. The fraction of sp³-hybridized carbons (Fsp3) is 0.143. The Labute approximate surface area is 80.9 Å². The third kappa shape index (κ3) is 1.41. The van der Waals surface area contributed by atoms with Crippen molar-refractivity contribution in [2.24, 2.45) is 0 Å². The van der Waals surface area contributed by atoms with Crippen LogP contribution in [0.5, 0.6) is 0 Å². The minimum absolute atomic E-state index is 0.691. The highest BCUT2D eigenvalue weighted by atomic mass is 32.2. The Balaban J connectivity index is 2.28. The number of para-hydroxylation sites is 2. The Morgan fingerprint density at radius 1 is 1.21 bits per heavy atom. The molecular formula is C7H9N3O3S. The molecule has 0 radical (unpaired) electrons. The van der Waals surface area contributed by atoms with E-state index in [9.17, 15) is 8.42 Å². The lowest BCUT2D eigenvalue weighted by atomic mass is 10.3. The van der Waals surface area contributed by atoms with Crippen molar-refractivity contribution in [3.63, 3.8) is 0 Å². The van der Waals surface area contributed by atoms with E-state index in [1.807, 2.05) is 0 Å². The molecule has 76 valence electrons. The monoisotopic (exact) mass is 215 g/mol. The van der Waals surface area contributed by atoms with E-state index in [1.165, 1.54) is 4.89 Å². The van der Waals surface area contributed by atoms with Crippen LogP contribution in [0.25, 0.3) is 0 Å². The van der Waals surface area contributed by atoms with E-state index in [-0.39, 0.29) is 0 Å². The van der Waals surface area contributed by atoms with E-state index in [2.05, 4.69) is 10.6 Å². The van der Waals surface area contributed by atoms with Crippen LogP contribution in [0.4, 0.5) is 11.4 Å². The average molecular weight is 215 g/mol. The van der Waals surface area contributed by atoms with Crippen LogP contribution in [0.1, 0.15) is 0 Å². The van der Waals surface area contributed by atoms with Crippen LogP contribution in [0.3, 0.4) is 0 Å². The first-order chi connectivity index (χ1) is 6.63. The summed E-state index contributed by atoms with van der Waals surface area (Å²) in [5.41, 5.74) is 0.345. The maximum absolute atomic E-state index is 11.2. The summed E-state index contributed by atoms with van der Waals surface area (Å²) in [6.45, 7) is 0. The molecule has 0 bridgehead atoms. The smallest absolute Gasteiger partial charge is 0.273 e. The number of rotatable bonds is 2. The molecule has 4 N–H and O–H groups in total. The molecule has 1 aliphatic rings. The fourth-order valence-electron chi connectivity index (χ4n) is 1.26. The van der Waals surface area contributed by atoms with Gasteiger partial charge in [0.2, 0.25) is 5.50 Å². The van der Waals surface area contributed by atoms with Gasteiger partial charge in [-0.15, -0.1) is 0 Å². The van der Waals surface area contributed by atoms with E-state index >= 15 is 0 Å². The second kappa shape index (κ2) is 3.12. The topological polar surface area (TPSA) is 90.5 Å². The number of nitrogens with one attached hydrogen (secondary N) is 3. The summed E-state index contributed by atoms with van der Waals surface area (Å²) in [5, 5.41) is 13.8. The van der Waals surface area contributed by atoms with Crippen LogP contribution in [-0.2, 0) is 10.0 Å². The van der Waals surface area contributed by atoms with Crippen molar-refractivity contribution in [3.8, 4) is 0 Å². The molecule has 14 heavy (non-hydrogen) atoms. The van der Waals surface area contributed by atoms with E-state index in [0.717, 1.165) is 0 Å². The fourth-order valence-corrected chi connectivity index (χ4v) is 1.93. The molecule has 0 saturated carbocycles. The van der Waals surface area contributed by atoms with Gasteiger partial charge in [0.05, 0.1) is 11.4 Å². The normalized spacial score (nSPS) is 15.8. The standard InChI is InChI=1S/C7H9N3O3S/c11-10-14(12,13)7-8-5-3-1-2-4-6(5)9-7/h1-4,7-11H. The molecule has 2 rings (SSSR count). The van der Waals surface area contributed by atoms with Crippen molar-refractivity contribution in [2.45, 2.75) is 5.50 Å². The van der Waals surface area contributed by atoms with Gasteiger partial charge in [-0.25, -0.2) is 8.42 Å². The molecule has 0 unspecified atom stereocenters. The molecule has 0 spiro atoms. The molecule has 6 nitrogen and oxygen atoms in total. The van der Waals surface area contributed by atoms with Crippen LogP contribution in [-0.4, -0.2) is 19.1 Å². The maximum atomic E-state index is 11.2. The van der Waals surface area contributed by atoms with Crippen molar-refractivity contribution >= 4 is 21.4 Å². The van der Waals surface area contributed by atoms with Gasteiger partial charge in [-0.3, -0.25) is 0 Å². The molecule has 0 fully saturated rings. The number of hydrogen-bond acceptors (Lipinski definition) is 5. The number of fused-ring (bicyclic) bond motifs is 1. The summed E-state index contributed by atoms with van der Waals surface area (Å²) in [6.07, 6.45) is 0. The quantitative estimate of drug-likeness (QED) is 0.526. The van der Waals surface area contributed by atoms with E-state index in [0.29, 0.717) is 11.4 Å². The highest BCUT2D eigenvalue weighted by molar-refractivity contribution is 7.90. The Bertz CT molecular complexity index is 420. The van der Waals surface area contributed by atoms with Crippen LogP contribution in [0.2, 0.25) is 0 Å². The molecule has 7 heteroatoms. The van der Waals surface area contributed by atoms with E-state index < -0.39 is 15.5 Å². The second-order valence-corrected chi connectivity index (χ2v) is 4.59. The molecule has 1 aromatic rings. The van der Waals surface area contributed by atoms with Crippen molar-refractivity contribution in [1.82, 2.24) is 4.89 Å². The van der Waals surface area contributed by atoms with E-state index in [1.54, 1.807) is 24.3 Å². The molecule has 0 aliphatic carbocycles. The first kappa shape index (κ1) is 9.25. The second-order valence-electron chi connectivity index (χ2n) is 2.85. The third-order valence-electron chi connectivity index (χ3n) is 1.94. The van der Waals surface area contributed by atoms with Crippen LogP contribution in [0.15, 0.2) is 24.3 Å². The molecular weight excluding hydrogens is 206 g/mol. The van der Waals surface area contributed by atoms with Crippen molar-refractivity contribution in [3.05, 3.63) is 24.3 Å². The molecule has 1 aromatic carbocycles. The van der Waals surface area contributed by atoms with Gasteiger partial charge in [0, 0.05) is 0 Å². The highest BCUT2D eigenvalue weighted by Crippen LogP contribution is 2.29. The summed E-state index contributed by atoms with van der Waals surface area (Å²) >= 11 is 0. The zero-order valence-electron chi connectivity index (χ0n) is 7.06. The zero-order valence-corrected chi connectivity index (χ0v) is 7.88. The lowest BCUT2D eigenvalue weighted by Gasteiger charge is -2.10. The summed E-state index contributed by atoms with van der Waals surface area (Å²) in [7, 11) is -3.78. The SMILES string of the molecule is O=S(=O)(NO)C1Nc2ccccc2N1. The Morgan fingerprint density at radius 3 is 2.14 bits per heavy atom. The number of benzene rings is 1. The van der Waals surface area contributed by atoms with Gasteiger partial charge in [-0.05, 0) is 12.1 Å². The average Bonchev–Trinajstić information content (AvgIpc) is 2.61. The Hall–Kier alpha value is -1.31. The molecule has 0 atom stereocenters. The van der Waals surface area contributed by atoms with Crippen molar-refractivity contribution < 1.29 is 13.6 Å². The van der Waals surface area contributed by atoms with Gasteiger partial charge in [-0.2, -0.15) is 0 Å². The molecule has 1 aliphatic heterocycles. The summed E-state index contributed by atoms with van der Waals surface area (Å²) in [5.74, 6) is 0. The number of hydrogen-bond donors (Lipinski definition) is 4. The molecule has 1 heterocycles.